The Morgan fingerprint density at radius 3 is 2.67 bits per heavy atom. The molecule has 0 spiro atoms. The van der Waals surface area contributed by atoms with Gasteiger partial charge in [-0.25, -0.2) is 15.8 Å². The van der Waals surface area contributed by atoms with Crippen LogP contribution in [0.4, 0.5) is 11.6 Å². The molecule has 0 radical (unpaired) electrons. The monoisotopic (exact) mass is 257 g/mol. The number of aliphatic hydroxyl groups is 1. The predicted molar refractivity (Wildman–Crippen MR) is 67.4 cm³/mol. The van der Waals surface area contributed by atoms with Crippen molar-refractivity contribution in [2.45, 2.75) is 12.5 Å². The smallest absolute Gasteiger partial charge is 0.205 e. The summed E-state index contributed by atoms with van der Waals surface area (Å²) < 4.78 is 10.3. The Morgan fingerprint density at radius 2 is 2.11 bits per heavy atom. The van der Waals surface area contributed by atoms with E-state index in [1.807, 2.05) is 0 Å². The Bertz CT molecular complexity index is 357. The van der Waals surface area contributed by atoms with Crippen LogP contribution in [0.15, 0.2) is 6.33 Å². The number of aliphatic hydroxyl groups excluding tert-OH is 1. The van der Waals surface area contributed by atoms with Gasteiger partial charge in [0.1, 0.15) is 6.33 Å². The molecule has 1 heterocycles. The maximum atomic E-state index is 8.98. The van der Waals surface area contributed by atoms with Gasteiger partial charge in [-0.1, -0.05) is 0 Å². The van der Waals surface area contributed by atoms with Crippen molar-refractivity contribution in [3.05, 3.63) is 6.33 Å². The maximum absolute atomic E-state index is 8.98. The number of methoxy groups -OCH3 is 2. The summed E-state index contributed by atoms with van der Waals surface area (Å²) in [7, 11) is 3.10. The third-order valence-corrected chi connectivity index (χ3v) is 2.33. The van der Waals surface area contributed by atoms with E-state index in [-0.39, 0.29) is 12.6 Å². The first kappa shape index (κ1) is 14.4. The first-order chi connectivity index (χ1) is 8.76. The first-order valence-electron chi connectivity index (χ1n) is 5.48. The third kappa shape index (κ3) is 3.69. The van der Waals surface area contributed by atoms with Crippen LogP contribution in [0.1, 0.15) is 6.42 Å². The second kappa shape index (κ2) is 7.64. The Hall–Kier alpha value is -1.64. The number of nitrogen functional groups attached to an aromatic ring is 1. The molecule has 1 rings (SSSR count). The number of hydrogen-bond acceptors (Lipinski definition) is 8. The van der Waals surface area contributed by atoms with E-state index in [0.717, 1.165) is 0 Å². The number of rotatable bonds is 8. The molecule has 1 atom stereocenters. The zero-order chi connectivity index (χ0) is 13.4. The third-order valence-electron chi connectivity index (χ3n) is 2.33. The van der Waals surface area contributed by atoms with Crippen LogP contribution in [0.3, 0.4) is 0 Å². The SMILES string of the molecule is COCC(CCO)Nc1ncnc(NN)c1OC. The molecule has 0 aromatic carbocycles. The molecule has 1 aromatic rings. The summed E-state index contributed by atoms with van der Waals surface area (Å²) in [6, 6.07) is -0.0746. The number of anilines is 2. The van der Waals surface area contributed by atoms with Gasteiger partial charge >= 0.3 is 0 Å². The second-order valence-corrected chi connectivity index (χ2v) is 3.56. The molecule has 5 N–H and O–H groups in total. The van der Waals surface area contributed by atoms with Crippen molar-refractivity contribution in [3.63, 3.8) is 0 Å². The molecule has 0 aliphatic rings. The van der Waals surface area contributed by atoms with Gasteiger partial charge in [0.15, 0.2) is 11.6 Å². The van der Waals surface area contributed by atoms with Crippen LogP contribution in [-0.2, 0) is 4.74 Å². The Morgan fingerprint density at radius 1 is 1.39 bits per heavy atom. The summed E-state index contributed by atoms with van der Waals surface area (Å²) in [5.74, 6) is 6.63. The minimum Gasteiger partial charge on any atom is -0.490 e. The number of nitrogens with one attached hydrogen (secondary N) is 2. The van der Waals surface area contributed by atoms with E-state index in [1.165, 1.54) is 13.4 Å². The molecule has 0 saturated heterocycles. The molecule has 8 heteroatoms. The molecular weight excluding hydrogens is 238 g/mol. The zero-order valence-corrected chi connectivity index (χ0v) is 10.5. The molecule has 0 saturated carbocycles. The van der Waals surface area contributed by atoms with Gasteiger partial charge in [-0.2, -0.15) is 0 Å². The van der Waals surface area contributed by atoms with Gasteiger partial charge in [0.05, 0.1) is 19.8 Å². The average molecular weight is 257 g/mol. The van der Waals surface area contributed by atoms with Crippen LogP contribution in [0, 0.1) is 0 Å². The fraction of sp³-hybridized carbons (Fsp3) is 0.600. The maximum Gasteiger partial charge on any atom is 0.205 e. The number of hydrogen-bond donors (Lipinski definition) is 4. The van der Waals surface area contributed by atoms with Crippen LogP contribution in [0.5, 0.6) is 5.75 Å². The topological polar surface area (TPSA) is 115 Å². The van der Waals surface area contributed by atoms with Gasteiger partial charge in [-0.05, 0) is 6.42 Å². The molecule has 0 aliphatic heterocycles. The van der Waals surface area contributed by atoms with E-state index in [2.05, 4.69) is 20.7 Å². The second-order valence-electron chi connectivity index (χ2n) is 3.56. The number of ether oxygens (including phenoxy) is 2. The van der Waals surface area contributed by atoms with Gasteiger partial charge in [-0.15, -0.1) is 0 Å². The van der Waals surface area contributed by atoms with Gasteiger partial charge in [0.2, 0.25) is 5.75 Å². The highest BCUT2D eigenvalue weighted by Gasteiger charge is 2.15. The van der Waals surface area contributed by atoms with E-state index in [4.69, 9.17) is 20.4 Å². The molecule has 18 heavy (non-hydrogen) atoms. The molecule has 8 nitrogen and oxygen atoms in total. The summed E-state index contributed by atoms with van der Waals surface area (Å²) in [6.07, 6.45) is 1.90. The normalized spacial score (nSPS) is 12.0. The molecule has 0 amide bonds. The van der Waals surface area contributed by atoms with Crippen molar-refractivity contribution in [2.24, 2.45) is 5.84 Å². The number of nitrogens with zero attached hydrogens (tertiary/aromatic N) is 2. The predicted octanol–water partition coefficient (Wildman–Crippen LogP) is -0.420. The fourth-order valence-corrected chi connectivity index (χ4v) is 1.52. The Balaban J connectivity index is 2.87. The van der Waals surface area contributed by atoms with Crippen molar-refractivity contribution in [3.8, 4) is 5.75 Å². The van der Waals surface area contributed by atoms with Crippen molar-refractivity contribution >= 4 is 11.6 Å². The van der Waals surface area contributed by atoms with E-state index in [1.54, 1.807) is 7.11 Å². The quantitative estimate of drug-likeness (QED) is 0.367. The highest BCUT2D eigenvalue weighted by atomic mass is 16.5. The molecule has 1 unspecified atom stereocenters. The van der Waals surface area contributed by atoms with Crippen molar-refractivity contribution < 1.29 is 14.6 Å². The molecular formula is C10H19N5O3. The minimum atomic E-state index is -0.0746. The number of aromatic nitrogens is 2. The number of hydrazine groups is 1. The van der Waals surface area contributed by atoms with Crippen molar-refractivity contribution in [2.75, 3.05) is 38.2 Å². The summed E-state index contributed by atoms with van der Waals surface area (Å²) in [6.45, 7) is 0.496. The standard InChI is InChI=1S/C10H19N5O3/c1-17-5-7(3-4-16)14-9-8(18-2)10(15-11)13-6-12-9/h6-7,16H,3-5,11H2,1-2H3,(H2,12,13,14,15). The highest BCUT2D eigenvalue weighted by molar-refractivity contribution is 5.63. The lowest BCUT2D eigenvalue weighted by atomic mass is 10.2. The molecule has 102 valence electrons. The van der Waals surface area contributed by atoms with Gasteiger partial charge in [0.25, 0.3) is 0 Å². The highest BCUT2D eigenvalue weighted by Crippen LogP contribution is 2.28. The van der Waals surface area contributed by atoms with Crippen LogP contribution >= 0.6 is 0 Å². The van der Waals surface area contributed by atoms with Gasteiger partial charge in [0, 0.05) is 13.7 Å². The summed E-state index contributed by atoms with van der Waals surface area (Å²) in [5, 5.41) is 12.1. The molecule has 0 bridgehead atoms. The van der Waals surface area contributed by atoms with E-state index in [9.17, 15) is 0 Å². The van der Waals surface area contributed by atoms with Gasteiger partial charge < -0.3 is 25.3 Å². The van der Waals surface area contributed by atoms with Crippen molar-refractivity contribution in [1.29, 1.82) is 0 Å². The largest absolute Gasteiger partial charge is 0.490 e. The van der Waals surface area contributed by atoms with Gasteiger partial charge in [-0.3, -0.25) is 0 Å². The molecule has 1 aromatic heterocycles. The van der Waals surface area contributed by atoms with E-state index >= 15 is 0 Å². The lowest BCUT2D eigenvalue weighted by Crippen LogP contribution is -2.27. The fourth-order valence-electron chi connectivity index (χ4n) is 1.52. The van der Waals surface area contributed by atoms with Crippen LogP contribution in [0.25, 0.3) is 0 Å². The Kier molecular flexibility index (Phi) is 6.12. The average Bonchev–Trinajstić information content (AvgIpc) is 2.39. The van der Waals surface area contributed by atoms with E-state index < -0.39 is 0 Å². The molecule has 0 aliphatic carbocycles. The minimum absolute atomic E-state index is 0.0520. The van der Waals surface area contributed by atoms with Crippen LogP contribution in [0.2, 0.25) is 0 Å². The summed E-state index contributed by atoms with van der Waals surface area (Å²) in [4.78, 5) is 8.02. The van der Waals surface area contributed by atoms with E-state index in [0.29, 0.717) is 30.4 Å². The summed E-state index contributed by atoms with van der Waals surface area (Å²) >= 11 is 0. The lowest BCUT2D eigenvalue weighted by molar-refractivity contribution is 0.170. The lowest BCUT2D eigenvalue weighted by Gasteiger charge is -2.19. The van der Waals surface area contributed by atoms with Crippen molar-refractivity contribution in [1.82, 2.24) is 9.97 Å². The first-order valence-corrected chi connectivity index (χ1v) is 5.48. The van der Waals surface area contributed by atoms with Crippen LogP contribution < -0.4 is 21.3 Å². The summed E-state index contributed by atoms with van der Waals surface area (Å²) in [5.41, 5.74) is 2.43. The zero-order valence-electron chi connectivity index (χ0n) is 10.5. The molecule has 0 fully saturated rings. The van der Waals surface area contributed by atoms with Crippen LogP contribution in [-0.4, -0.2) is 48.5 Å². The number of nitrogens with two attached hydrogens (primary N) is 1. The Labute approximate surface area is 105 Å².